The van der Waals surface area contributed by atoms with E-state index >= 15 is 0 Å². The van der Waals surface area contributed by atoms with Crippen molar-refractivity contribution in [2.75, 3.05) is 4.90 Å². The molecule has 2 aromatic rings. The molecule has 0 unspecified atom stereocenters. The lowest BCUT2D eigenvalue weighted by atomic mass is 10.1. The van der Waals surface area contributed by atoms with E-state index in [1.165, 1.54) is 6.07 Å². The maximum Gasteiger partial charge on any atom is 0.288 e. The number of rotatable bonds is 3. The Hall–Kier alpha value is -2.52. The smallest absolute Gasteiger partial charge is 0.288 e. The van der Waals surface area contributed by atoms with Crippen molar-refractivity contribution in [3.8, 4) is 0 Å². The van der Waals surface area contributed by atoms with Crippen LogP contribution in [-0.4, -0.2) is 21.9 Å². The van der Waals surface area contributed by atoms with E-state index in [0.29, 0.717) is 10.7 Å². The Balaban J connectivity index is 2.11. The van der Waals surface area contributed by atoms with E-state index in [0.717, 1.165) is 17.0 Å². The van der Waals surface area contributed by atoms with Gasteiger partial charge < -0.3 is 0 Å². The molecule has 1 N–H and O–H groups in total. The molecule has 0 radical (unpaired) electrons. The minimum absolute atomic E-state index is 0.0279. The average Bonchev–Trinajstić information content (AvgIpc) is 2.62. The van der Waals surface area contributed by atoms with Crippen molar-refractivity contribution in [3.63, 3.8) is 0 Å². The number of hydrogen-bond acceptors (Lipinski definition) is 5. The molecule has 1 saturated heterocycles. The summed E-state index contributed by atoms with van der Waals surface area (Å²) in [7, 11) is 0. The van der Waals surface area contributed by atoms with Crippen LogP contribution in [0.15, 0.2) is 42.0 Å². The van der Waals surface area contributed by atoms with E-state index in [2.05, 4.69) is 5.32 Å². The van der Waals surface area contributed by atoms with E-state index in [9.17, 15) is 19.7 Å². The molecule has 0 atom stereocenters. The van der Waals surface area contributed by atoms with Crippen molar-refractivity contribution in [2.45, 2.75) is 0 Å². The van der Waals surface area contributed by atoms with Crippen LogP contribution < -0.4 is 10.2 Å². The number of anilines is 1. The summed E-state index contributed by atoms with van der Waals surface area (Å²) in [5.41, 5.74) is -0.402. The Morgan fingerprint density at radius 1 is 1.07 bits per heavy atom. The van der Waals surface area contributed by atoms with Gasteiger partial charge in [-0.15, -0.1) is 0 Å². The van der Waals surface area contributed by atoms with E-state index in [1.54, 1.807) is 24.3 Å². The van der Waals surface area contributed by atoms with Gasteiger partial charge in [0.2, 0.25) is 0 Å². The summed E-state index contributed by atoms with van der Waals surface area (Å²) in [4.78, 5) is 36.8. The van der Waals surface area contributed by atoms with Crippen molar-refractivity contribution < 1.29 is 14.5 Å². The first kappa shape index (κ1) is 20.2. The fourth-order valence-electron chi connectivity index (χ4n) is 2.46. The summed E-state index contributed by atoms with van der Waals surface area (Å²) in [6.45, 7) is 0. The van der Waals surface area contributed by atoms with Gasteiger partial charge in [-0.3, -0.25) is 29.9 Å². The Bertz CT molecular complexity index is 1070. The van der Waals surface area contributed by atoms with Gasteiger partial charge in [0, 0.05) is 21.7 Å². The topological polar surface area (TPSA) is 92.6 Å². The van der Waals surface area contributed by atoms with Crippen molar-refractivity contribution in [3.05, 3.63) is 72.7 Å². The molecule has 7 nitrogen and oxygen atoms in total. The number of benzene rings is 2. The molecule has 11 heteroatoms. The molecular weight excluding hydrogens is 449 g/mol. The van der Waals surface area contributed by atoms with Crippen LogP contribution in [0.5, 0.6) is 0 Å². The molecule has 1 aliphatic rings. The largest absolute Gasteiger partial charge is 0.298 e. The Kier molecular flexibility index (Phi) is 5.66. The van der Waals surface area contributed by atoms with E-state index < -0.39 is 22.4 Å². The SMILES string of the molecule is O=C1NC(=S)N(c2ccc(Cl)cc2)C(=O)C1=Cc1c(Cl)ccc([N+](=O)[O-])c1Cl. The molecule has 142 valence electrons. The average molecular weight is 457 g/mol. The number of amides is 2. The van der Waals surface area contributed by atoms with Crippen LogP contribution in [0, 0.1) is 10.1 Å². The van der Waals surface area contributed by atoms with Crippen LogP contribution in [0.4, 0.5) is 11.4 Å². The highest BCUT2D eigenvalue weighted by Crippen LogP contribution is 2.35. The number of nitro groups is 1. The van der Waals surface area contributed by atoms with E-state index in [4.69, 9.17) is 47.0 Å². The molecule has 0 bridgehead atoms. The number of carbonyl (C=O) groups excluding carboxylic acids is 2. The monoisotopic (exact) mass is 455 g/mol. The van der Waals surface area contributed by atoms with Gasteiger partial charge in [0.25, 0.3) is 17.5 Å². The van der Waals surface area contributed by atoms with Gasteiger partial charge in [-0.1, -0.05) is 34.8 Å². The number of nitrogens with one attached hydrogen (secondary N) is 1. The molecule has 3 rings (SSSR count). The van der Waals surface area contributed by atoms with Crippen LogP contribution in [-0.2, 0) is 9.59 Å². The summed E-state index contributed by atoms with van der Waals surface area (Å²) >= 11 is 23.1. The molecule has 0 spiro atoms. The molecule has 0 saturated carbocycles. The molecule has 0 aromatic heterocycles. The fraction of sp³-hybridized carbons (Fsp3) is 0. The van der Waals surface area contributed by atoms with Crippen molar-refractivity contribution >= 4 is 81.4 Å². The van der Waals surface area contributed by atoms with E-state index in [1.807, 2.05) is 0 Å². The fourth-order valence-corrected chi connectivity index (χ4v) is 3.41. The summed E-state index contributed by atoms with van der Waals surface area (Å²) in [6.07, 6.45) is 1.10. The third-order valence-corrected chi connectivity index (χ3v) is 5.04. The van der Waals surface area contributed by atoms with Crippen LogP contribution in [0.25, 0.3) is 6.08 Å². The quantitative estimate of drug-likeness (QED) is 0.243. The van der Waals surface area contributed by atoms with Crippen molar-refractivity contribution in [2.24, 2.45) is 0 Å². The standard InChI is InChI=1S/C17H8Cl3N3O4S/c18-8-1-3-9(4-2-8)22-16(25)11(15(24)21-17(22)28)7-10-12(19)5-6-13(14(10)20)23(26)27/h1-7H,(H,21,24,28). The van der Waals surface area contributed by atoms with Crippen molar-refractivity contribution in [1.29, 1.82) is 0 Å². The lowest BCUT2D eigenvalue weighted by molar-refractivity contribution is -0.384. The van der Waals surface area contributed by atoms with Gasteiger partial charge in [-0.25, -0.2) is 0 Å². The first-order valence-electron chi connectivity index (χ1n) is 7.50. The molecule has 1 fully saturated rings. The second-order valence-electron chi connectivity index (χ2n) is 5.49. The Morgan fingerprint density at radius 2 is 1.71 bits per heavy atom. The number of thiocarbonyl (C=S) groups is 1. The van der Waals surface area contributed by atoms with Crippen LogP contribution in [0.3, 0.4) is 0 Å². The number of nitrogens with zero attached hydrogens (tertiary/aromatic N) is 2. The van der Waals surface area contributed by atoms with Gasteiger partial charge in [-0.05, 0) is 48.6 Å². The Morgan fingerprint density at radius 3 is 2.32 bits per heavy atom. The summed E-state index contributed by atoms with van der Waals surface area (Å²) in [6, 6.07) is 8.60. The molecule has 28 heavy (non-hydrogen) atoms. The highest BCUT2D eigenvalue weighted by molar-refractivity contribution is 7.80. The minimum atomic E-state index is -0.779. The molecular formula is C17H8Cl3N3O4S. The first-order valence-corrected chi connectivity index (χ1v) is 9.04. The van der Waals surface area contributed by atoms with Crippen molar-refractivity contribution in [1.82, 2.24) is 5.32 Å². The normalized spacial score (nSPS) is 15.8. The minimum Gasteiger partial charge on any atom is -0.298 e. The molecule has 2 aromatic carbocycles. The van der Waals surface area contributed by atoms with Crippen LogP contribution in [0.2, 0.25) is 15.1 Å². The lowest BCUT2D eigenvalue weighted by Gasteiger charge is -2.29. The Labute approximate surface area is 178 Å². The van der Waals surface area contributed by atoms with E-state index in [-0.39, 0.29) is 26.3 Å². The van der Waals surface area contributed by atoms with Gasteiger partial charge in [0.1, 0.15) is 10.6 Å². The third-order valence-electron chi connectivity index (χ3n) is 3.78. The number of carbonyl (C=O) groups is 2. The first-order chi connectivity index (χ1) is 13.2. The molecule has 1 aliphatic heterocycles. The maximum atomic E-state index is 12.9. The van der Waals surface area contributed by atoms with Gasteiger partial charge >= 0.3 is 0 Å². The number of nitro benzene ring substituents is 1. The zero-order valence-corrected chi connectivity index (χ0v) is 16.7. The van der Waals surface area contributed by atoms with Gasteiger partial charge in [0.15, 0.2) is 5.11 Å². The predicted molar refractivity (Wildman–Crippen MR) is 111 cm³/mol. The van der Waals surface area contributed by atoms with Crippen LogP contribution in [0.1, 0.15) is 5.56 Å². The second kappa shape index (κ2) is 7.84. The number of hydrogen-bond donors (Lipinski definition) is 1. The summed E-state index contributed by atoms with van der Waals surface area (Å²) < 4.78 is 0. The zero-order valence-electron chi connectivity index (χ0n) is 13.6. The number of halogens is 3. The highest BCUT2D eigenvalue weighted by atomic mass is 35.5. The lowest BCUT2D eigenvalue weighted by Crippen LogP contribution is -2.54. The third kappa shape index (κ3) is 3.72. The maximum absolute atomic E-state index is 12.9. The molecule has 1 heterocycles. The van der Waals surface area contributed by atoms with Gasteiger partial charge in [-0.2, -0.15) is 0 Å². The highest BCUT2D eigenvalue weighted by Gasteiger charge is 2.35. The zero-order chi connectivity index (χ0) is 20.6. The van der Waals surface area contributed by atoms with Gasteiger partial charge in [0.05, 0.1) is 10.6 Å². The summed E-state index contributed by atoms with van der Waals surface area (Å²) in [5, 5.41) is 13.6. The summed E-state index contributed by atoms with van der Waals surface area (Å²) in [5.74, 6) is -1.52. The second-order valence-corrected chi connectivity index (χ2v) is 7.09. The predicted octanol–water partition coefficient (Wildman–Crippen LogP) is 4.39. The molecule has 2 amide bonds. The van der Waals surface area contributed by atoms with Crippen LogP contribution >= 0.6 is 47.0 Å². The molecule has 0 aliphatic carbocycles.